The Morgan fingerprint density at radius 2 is 1.60 bits per heavy atom. The number of rotatable bonds is 7. The molecule has 260 valence electrons. The predicted molar refractivity (Wildman–Crippen MR) is 186 cm³/mol. The number of allylic oxidation sites excluding steroid dienone is 2. The molecule has 1 unspecified atom stereocenters. The molecule has 47 heavy (non-hydrogen) atoms. The van der Waals surface area contributed by atoms with Gasteiger partial charge in [-0.05, 0) is 132 Å². The van der Waals surface area contributed by atoms with Crippen molar-refractivity contribution < 1.29 is 24.5 Å². The molecule has 1 amide bonds. The molecule has 0 aliphatic heterocycles. The predicted octanol–water partition coefficient (Wildman–Crippen LogP) is 8.36. The average molecular weight is 648 g/mol. The van der Waals surface area contributed by atoms with Gasteiger partial charge < -0.3 is 20.3 Å². The van der Waals surface area contributed by atoms with Crippen LogP contribution >= 0.6 is 0 Å². The number of amides is 1. The number of aliphatic hydroxyl groups excluding tert-OH is 1. The van der Waals surface area contributed by atoms with Gasteiger partial charge in [0, 0.05) is 12.8 Å². The van der Waals surface area contributed by atoms with Crippen LogP contribution < -0.4 is 10.1 Å². The zero-order chi connectivity index (χ0) is 34.2. The Kier molecular flexibility index (Phi) is 8.54. The number of ether oxygens (including phenoxy) is 1. The zero-order valence-corrected chi connectivity index (χ0v) is 30.4. The van der Waals surface area contributed by atoms with Gasteiger partial charge in [-0.2, -0.15) is 0 Å². The second-order valence-electron chi connectivity index (χ2n) is 18.6. The van der Waals surface area contributed by atoms with E-state index < -0.39 is 12.0 Å². The summed E-state index contributed by atoms with van der Waals surface area (Å²) in [5, 5.41) is 24.1. The number of aliphatic hydroxyl groups is 1. The molecule has 0 heterocycles. The molecule has 5 aliphatic carbocycles. The topological polar surface area (TPSA) is 95.9 Å². The molecule has 4 fully saturated rings. The molecule has 1 aromatic carbocycles. The third-order valence-corrected chi connectivity index (χ3v) is 15.5. The second-order valence-corrected chi connectivity index (χ2v) is 18.6. The fourth-order valence-corrected chi connectivity index (χ4v) is 12.4. The highest BCUT2D eigenvalue weighted by atomic mass is 16.5. The molecule has 0 radical (unpaired) electrons. The van der Waals surface area contributed by atoms with Crippen molar-refractivity contribution in [2.75, 3.05) is 7.11 Å². The van der Waals surface area contributed by atoms with E-state index in [1.54, 1.807) is 12.7 Å². The van der Waals surface area contributed by atoms with Crippen LogP contribution in [0.1, 0.15) is 125 Å². The zero-order valence-electron chi connectivity index (χ0n) is 30.4. The Labute approximate surface area is 283 Å². The number of hydrogen-bond acceptors (Lipinski definition) is 4. The highest BCUT2D eigenvalue weighted by molar-refractivity contribution is 5.84. The minimum atomic E-state index is -0.999. The van der Waals surface area contributed by atoms with Crippen LogP contribution in [0, 0.1) is 50.2 Å². The van der Waals surface area contributed by atoms with Gasteiger partial charge in [-0.15, -0.1) is 0 Å². The van der Waals surface area contributed by atoms with E-state index in [0.29, 0.717) is 24.2 Å². The van der Waals surface area contributed by atoms with Gasteiger partial charge >= 0.3 is 5.97 Å². The molecule has 6 rings (SSSR count). The maximum atomic E-state index is 13.9. The first-order chi connectivity index (χ1) is 21.9. The third kappa shape index (κ3) is 5.47. The SMILES string of the molecule is COc1ccc(CC(NC(=O)C[C@]23CCC(C)(C)C[C@H]2C2=CC[C@@H]4[C@@]5(C)CC[C@H](O)C(C)(C)[C@@H]5CC[C@@]4(C)[C@]2(C)CC3)C(=O)O)cc1. The van der Waals surface area contributed by atoms with Crippen molar-refractivity contribution in [1.82, 2.24) is 5.32 Å². The fraction of sp³-hybridized carbons (Fsp3) is 0.756. The summed E-state index contributed by atoms with van der Waals surface area (Å²) >= 11 is 0. The lowest BCUT2D eigenvalue weighted by Gasteiger charge is -2.71. The van der Waals surface area contributed by atoms with E-state index >= 15 is 0 Å². The summed E-state index contributed by atoms with van der Waals surface area (Å²) < 4.78 is 5.26. The maximum Gasteiger partial charge on any atom is 0.326 e. The quantitative estimate of drug-likeness (QED) is 0.259. The van der Waals surface area contributed by atoms with Crippen molar-refractivity contribution in [2.24, 2.45) is 50.2 Å². The number of aliphatic carboxylic acids is 1. The number of carbonyl (C=O) groups excluding carboxylic acids is 1. The first-order valence-electron chi connectivity index (χ1n) is 18.4. The number of fused-ring (bicyclic) bond motifs is 7. The van der Waals surface area contributed by atoms with E-state index in [-0.39, 0.29) is 50.9 Å². The summed E-state index contributed by atoms with van der Waals surface area (Å²) in [6.45, 7) is 17.1. The van der Waals surface area contributed by atoms with Crippen LogP contribution in [0.5, 0.6) is 5.75 Å². The molecule has 5 aliphatic rings. The van der Waals surface area contributed by atoms with Crippen molar-refractivity contribution >= 4 is 11.9 Å². The number of hydrogen-bond donors (Lipinski definition) is 3. The fourth-order valence-electron chi connectivity index (χ4n) is 12.4. The Balaban J connectivity index is 1.28. The van der Waals surface area contributed by atoms with Gasteiger partial charge in [0.15, 0.2) is 0 Å². The molecule has 3 N–H and O–H groups in total. The van der Waals surface area contributed by atoms with Crippen molar-refractivity contribution in [3.05, 3.63) is 41.5 Å². The van der Waals surface area contributed by atoms with Gasteiger partial charge in [-0.25, -0.2) is 4.79 Å². The summed E-state index contributed by atoms with van der Waals surface area (Å²) in [4.78, 5) is 26.3. The molecule has 0 bridgehead atoms. The Morgan fingerprint density at radius 3 is 2.26 bits per heavy atom. The lowest BCUT2D eigenvalue weighted by atomic mass is 9.33. The molecule has 0 saturated heterocycles. The Hall–Kier alpha value is -2.34. The van der Waals surface area contributed by atoms with Gasteiger partial charge in [0.2, 0.25) is 5.91 Å². The van der Waals surface area contributed by atoms with E-state index in [4.69, 9.17) is 4.74 Å². The van der Waals surface area contributed by atoms with Gasteiger partial charge in [-0.1, -0.05) is 72.2 Å². The van der Waals surface area contributed by atoms with E-state index in [2.05, 4.69) is 59.9 Å². The number of carbonyl (C=O) groups is 2. The van der Waals surface area contributed by atoms with Crippen molar-refractivity contribution in [1.29, 1.82) is 0 Å². The first kappa shape index (κ1) is 34.5. The number of carboxylic acids is 1. The van der Waals surface area contributed by atoms with E-state index in [1.807, 2.05) is 24.3 Å². The van der Waals surface area contributed by atoms with Gasteiger partial charge in [0.25, 0.3) is 0 Å². The number of benzene rings is 1. The average Bonchev–Trinajstić information content (AvgIpc) is 3.00. The second kappa shape index (κ2) is 11.6. The van der Waals surface area contributed by atoms with E-state index in [1.165, 1.54) is 12.8 Å². The van der Waals surface area contributed by atoms with Crippen LogP contribution in [0.25, 0.3) is 0 Å². The highest BCUT2D eigenvalue weighted by Gasteiger charge is 2.68. The monoisotopic (exact) mass is 647 g/mol. The molecule has 1 aromatic rings. The van der Waals surface area contributed by atoms with Crippen LogP contribution in [0.2, 0.25) is 0 Å². The van der Waals surface area contributed by atoms with Crippen LogP contribution in [0.15, 0.2) is 35.9 Å². The van der Waals surface area contributed by atoms with Gasteiger partial charge in [0.05, 0.1) is 13.2 Å². The number of nitrogens with one attached hydrogen (secondary N) is 1. The molecular weight excluding hydrogens is 586 g/mol. The summed E-state index contributed by atoms with van der Waals surface area (Å²) in [5.74, 6) is 1.02. The molecular formula is C41H61NO5. The molecule has 9 atom stereocenters. The standard InChI is InChI=1S/C41H61NO5/c1-36(2)19-21-41(25-34(44)42-30(35(45)46)23-26-9-11-27(47-8)12-10-26)22-20-39(6)28(29(41)24-36)13-14-32-38(5)17-16-33(43)37(3,4)31(38)15-18-40(32,39)7/h9-13,29-33,43H,14-25H2,1-8H3,(H,42,44)(H,45,46)/t29-,30?,31-,32+,33-,38-,39+,40+,41+/m0/s1. The normalized spacial score (nSPS) is 40.7. The molecule has 0 aromatic heterocycles. The first-order valence-corrected chi connectivity index (χ1v) is 18.4. The Bertz CT molecular complexity index is 1410. The molecule has 6 nitrogen and oxygen atoms in total. The van der Waals surface area contributed by atoms with E-state index in [0.717, 1.165) is 62.7 Å². The van der Waals surface area contributed by atoms with Crippen LogP contribution in [-0.2, 0) is 16.0 Å². The largest absolute Gasteiger partial charge is 0.497 e. The lowest BCUT2D eigenvalue weighted by molar-refractivity contribution is -0.203. The highest BCUT2D eigenvalue weighted by Crippen LogP contribution is 2.76. The minimum absolute atomic E-state index is 0.0666. The van der Waals surface area contributed by atoms with Crippen LogP contribution in [0.4, 0.5) is 0 Å². The molecule has 6 heteroatoms. The third-order valence-electron chi connectivity index (χ3n) is 15.5. The Morgan fingerprint density at radius 1 is 0.915 bits per heavy atom. The van der Waals surface area contributed by atoms with Crippen molar-refractivity contribution in [2.45, 2.75) is 138 Å². The summed E-state index contributed by atoms with van der Waals surface area (Å²) in [6, 6.07) is 6.43. The summed E-state index contributed by atoms with van der Waals surface area (Å²) in [7, 11) is 1.61. The summed E-state index contributed by atoms with van der Waals surface area (Å²) in [6.07, 6.45) is 13.8. The van der Waals surface area contributed by atoms with Crippen molar-refractivity contribution in [3.8, 4) is 5.75 Å². The minimum Gasteiger partial charge on any atom is -0.497 e. The molecule has 4 saturated carbocycles. The summed E-state index contributed by atoms with van der Waals surface area (Å²) in [5.41, 5.74) is 2.90. The number of methoxy groups -OCH3 is 1. The van der Waals surface area contributed by atoms with Crippen molar-refractivity contribution in [3.63, 3.8) is 0 Å². The number of carboxylic acid groups (broad SMARTS) is 1. The molecule has 0 spiro atoms. The van der Waals surface area contributed by atoms with Gasteiger partial charge in [-0.3, -0.25) is 4.79 Å². The van der Waals surface area contributed by atoms with Gasteiger partial charge in [0.1, 0.15) is 11.8 Å². The smallest absolute Gasteiger partial charge is 0.326 e. The lowest BCUT2D eigenvalue weighted by Crippen LogP contribution is -2.64. The van der Waals surface area contributed by atoms with E-state index in [9.17, 15) is 19.8 Å². The van der Waals surface area contributed by atoms with Crippen LogP contribution in [0.3, 0.4) is 0 Å². The van der Waals surface area contributed by atoms with Crippen LogP contribution in [-0.4, -0.2) is 41.3 Å². The maximum absolute atomic E-state index is 13.9.